The summed E-state index contributed by atoms with van der Waals surface area (Å²) in [6, 6.07) is 0. The summed E-state index contributed by atoms with van der Waals surface area (Å²) in [5, 5.41) is 10.6. The molecular weight excluding hydrogens is 1270 g/mol. The molecule has 0 radical (unpaired) electrons. The lowest BCUT2D eigenvalue weighted by Crippen LogP contribution is -2.30. The van der Waals surface area contributed by atoms with E-state index in [0.717, 1.165) is 114 Å². The number of carbonyl (C=O) groups excluding carboxylic acids is 4. The second-order valence-electron chi connectivity index (χ2n) is 30.0. The van der Waals surface area contributed by atoms with Crippen molar-refractivity contribution < 1.29 is 80.2 Å². The summed E-state index contributed by atoms with van der Waals surface area (Å²) < 4.78 is 68.6. The Balaban J connectivity index is 5.19. The van der Waals surface area contributed by atoms with Gasteiger partial charge in [0.25, 0.3) is 0 Å². The van der Waals surface area contributed by atoms with Crippen molar-refractivity contribution in [3.05, 3.63) is 0 Å². The predicted octanol–water partition coefficient (Wildman–Crippen LogP) is 22.8. The quantitative estimate of drug-likeness (QED) is 0.0222. The van der Waals surface area contributed by atoms with Gasteiger partial charge in [0.1, 0.15) is 19.3 Å². The van der Waals surface area contributed by atoms with E-state index in [1.807, 2.05) is 0 Å². The standard InChI is InChI=1S/C78H152O17P2/c1-68(2)54-46-38-30-23-19-15-11-9-10-12-17-21-25-34-42-50-58-75(80)88-64-73(95-78(83)61-53-45-36-28-27-32-40-48-56-70(5)6)66-92-96(84,85)90-62-72(79)63-91-97(86,87)93-67-74(65-89-76(81)59-51-43-37-29-33-41-49-57-71(7)8)94-77(82)60-52-44-35-26-22-18-14-13-16-20-24-31-39-47-55-69(3)4/h68-74,79H,9-67H2,1-8H3,(H,84,85)(H,86,87)/t72?,73-,74-/m1/s1. The third-order valence-electron chi connectivity index (χ3n) is 18.1. The number of phosphoric acid groups is 2. The molecule has 5 atom stereocenters. The number of hydrogen-bond acceptors (Lipinski definition) is 15. The smallest absolute Gasteiger partial charge is 0.462 e. The van der Waals surface area contributed by atoms with Gasteiger partial charge in [-0.1, -0.05) is 344 Å². The van der Waals surface area contributed by atoms with Crippen LogP contribution in [0.1, 0.15) is 396 Å². The number of rotatable bonds is 75. The van der Waals surface area contributed by atoms with Crippen molar-refractivity contribution in [3.8, 4) is 0 Å². The Morgan fingerprint density at radius 1 is 0.258 bits per heavy atom. The molecule has 0 saturated heterocycles. The fourth-order valence-electron chi connectivity index (χ4n) is 11.9. The number of aliphatic hydroxyl groups is 1. The summed E-state index contributed by atoms with van der Waals surface area (Å²) in [6.45, 7) is 14.2. The van der Waals surface area contributed by atoms with Gasteiger partial charge in [0, 0.05) is 25.7 Å². The molecule has 0 saturated carbocycles. The molecule has 0 aliphatic rings. The minimum Gasteiger partial charge on any atom is -0.462 e. The first-order valence-electron chi connectivity index (χ1n) is 40.2. The molecule has 0 fully saturated rings. The Hall–Kier alpha value is -1.94. The van der Waals surface area contributed by atoms with Crippen LogP contribution in [0.25, 0.3) is 0 Å². The van der Waals surface area contributed by atoms with E-state index in [2.05, 4.69) is 55.4 Å². The second-order valence-corrected chi connectivity index (χ2v) is 32.9. The summed E-state index contributed by atoms with van der Waals surface area (Å²) in [5.41, 5.74) is 0. The Labute approximate surface area is 594 Å². The number of unbranched alkanes of at least 4 members (excludes halogenated alkanes) is 41. The van der Waals surface area contributed by atoms with Gasteiger partial charge in [-0.15, -0.1) is 0 Å². The Bertz CT molecular complexity index is 1900. The summed E-state index contributed by atoms with van der Waals surface area (Å²) in [4.78, 5) is 72.8. The number of esters is 4. The summed E-state index contributed by atoms with van der Waals surface area (Å²) in [5.74, 6) is 0.910. The Morgan fingerprint density at radius 2 is 0.433 bits per heavy atom. The molecule has 0 bridgehead atoms. The highest BCUT2D eigenvalue weighted by atomic mass is 31.2. The van der Waals surface area contributed by atoms with Crippen LogP contribution in [0, 0.1) is 23.7 Å². The maximum atomic E-state index is 13.1. The first-order valence-corrected chi connectivity index (χ1v) is 43.2. The van der Waals surface area contributed by atoms with Gasteiger partial charge >= 0.3 is 39.5 Å². The summed E-state index contributed by atoms with van der Waals surface area (Å²) in [6.07, 6.45) is 52.9. The van der Waals surface area contributed by atoms with Crippen molar-refractivity contribution in [1.82, 2.24) is 0 Å². The molecule has 0 aromatic carbocycles. The fraction of sp³-hybridized carbons (Fsp3) is 0.949. The highest BCUT2D eigenvalue weighted by Gasteiger charge is 2.30. The molecule has 0 spiro atoms. The number of phosphoric ester groups is 2. The van der Waals surface area contributed by atoms with E-state index in [9.17, 15) is 43.2 Å². The van der Waals surface area contributed by atoms with Crippen molar-refractivity contribution >= 4 is 39.5 Å². The van der Waals surface area contributed by atoms with E-state index in [1.54, 1.807) is 0 Å². The zero-order valence-electron chi connectivity index (χ0n) is 63.7. The molecule has 0 heterocycles. The SMILES string of the molecule is CC(C)CCCCCCCCCCCCCCCCCCC(=O)OC[C@H](COP(=O)(O)OCC(O)COP(=O)(O)OC[C@@H](COC(=O)CCCCCCCCCC(C)C)OC(=O)CCCCCCCCCCCCCCCCC(C)C)OC(=O)CCCCCCCCCCC(C)C. The lowest BCUT2D eigenvalue weighted by atomic mass is 10.0. The van der Waals surface area contributed by atoms with Gasteiger partial charge < -0.3 is 33.8 Å². The van der Waals surface area contributed by atoms with E-state index in [-0.39, 0.29) is 25.7 Å². The first-order chi connectivity index (χ1) is 46.6. The van der Waals surface area contributed by atoms with Gasteiger partial charge in [0.2, 0.25) is 0 Å². The Morgan fingerprint density at radius 3 is 0.639 bits per heavy atom. The van der Waals surface area contributed by atoms with E-state index in [1.165, 1.54) is 193 Å². The number of hydrogen-bond donors (Lipinski definition) is 3. The van der Waals surface area contributed by atoms with Crippen LogP contribution in [0.5, 0.6) is 0 Å². The van der Waals surface area contributed by atoms with Crippen LogP contribution in [-0.4, -0.2) is 96.7 Å². The highest BCUT2D eigenvalue weighted by Crippen LogP contribution is 2.45. The monoisotopic (exact) mass is 1420 g/mol. The first kappa shape index (κ1) is 95.1. The predicted molar refractivity (Wildman–Crippen MR) is 395 cm³/mol. The molecule has 0 aromatic rings. The van der Waals surface area contributed by atoms with Gasteiger partial charge in [0.15, 0.2) is 12.2 Å². The van der Waals surface area contributed by atoms with E-state index in [4.69, 9.17) is 37.0 Å². The van der Waals surface area contributed by atoms with Gasteiger partial charge in [-0.3, -0.25) is 37.3 Å². The Kier molecular flexibility index (Phi) is 65.9. The molecule has 97 heavy (non-hydrogen) atoms. The zero-order valence-corrected chi connectivity index (χ0v) is 65.5. The second kappa shape index (κ2) is 67.2. The fourth-order valence-corrected chi connectivity index (χ4v) is 13.5. The van der Waals surface area contributed by atoms with Crippen LogP contribution < -0.4 is 0 Å². The average Bonchev–Trinajstić information content (AvgIpc) is 1.22. The third-order valence-corrected chi connectivity index (χ3v) is 20.0. The molecular formula is C78H152O17P2. The molecule has 3 N–H and O–H groups in total. The number of carbonyl (C=O) groups is 4. The van der Waals surface area contributed by atoms with Crippen molar-refractivity contribution in [3.63, 3.8) is 0 Å². The molecule has 0 rings (SSSR count). The van der Waals surface area contributed by atoms with Crippen LogP contribution in [0.2, 0.25) is 0 Å². The number of aliphatic hydroxyl groups excluding tert-OH is 1. The minimum absolute atomic E-state index is 0.104. The normalized spacial score (nSPS) is 14.1. The van der Waals surface area contributed by atoms with Crippen LogP contribution in [0.15, 0.2) is 0 Å². The van der Waals surface area contributed by atoms with Crippen molar-refractivity contribution in [2.24, 2.45) is 23.7 Å². The van der Waals surface area contributed by atoms with Gasteiger partial charge in [-0.2, -0.15) is 0 Å². The van der Waals surface area contributed by atoms with E-state index < -0.39 is 97.5 Å². The summed E-state index contributed by atoms with van der Waals surface area (Å²) >= 11 is 0. The zero-order chi connectivity index (χ0) is 71.7. The van der Waals surface area contributed by atoms with Crippen molar-refractivity contribution in [2.45, 2.75) is 414 Å². The summed E-state index contributed by atoms with van der Waals surface area (Å²) in [7, 11) is -9.91. The molecule has 19 heteroatoms. The van der Waals surface area contributed by atoms with Crippen LogP contribution in [-0.2, 0) is 65.4 Å². The average molecular weight is 1420 g/mol. The largest absolute Gasteiger partial charge is 0.472 e. The van der Waals surface area contributed by atoms with Gasteiger partial charge in [-0.25, -0.2) is 9.13 Å². The lowest BCUT2D eigenvalue weighted by Gasteiger charge is -2.21. The van der Waals surface area contributed by atoms with E-state index in [0.29, 0.717) is 31.6 Å². The number of ether oxygens (including phenoxy) is 4. The molecule has 576 valence electrons. The molecule has 0 aliphatic heterocycles. The van der Waals surface area contributed by atoms with Crippen LogP contribution in [0.4, 0.5) is 0 Å². The van der Waals surface area contributed by atoms with E-state index >= 15 is 0 Å². The van der Waals surface area contributed by atoms with Crippen molar-refractivity contribution in [2.75, 3.05) is 39.6 Å². The highest BCUT2D eigenvalue weighted by molar-refractivity contribution is 7.47. The van der Waals surface area contributed by atoms with Crippen LogP contribution >= 0.6 is 15.6 Å². The van der Waals surface area contributed by atoms with Gasteiger partial charge in [0.05, 0.1) is 26.4 Å². The van der Waals surface area contributed by atoms with Crippen molar-refractivity contribution in [1.29, 1.82) is 0 Å². The molecule has 17 nitrogen and oxygen atoms in total. The maximum Gasteiger partial charge on any atom is 0.472 e. The van der Waals surface area contributed by atoms with Gasteiger partial charge in [-0.05, 0) is 49.4 Å². The molecule has 0 amide bonds. The van der Waals surface area contributed by atoms with Crippen LogP contribution in [0.3, 0.4) is 0 Å². The third kappa shape index (κ3) is 72.2. The topological polar surface area (TPSA) is 237 Å². The maximum absolute atomic E-state index is 13.1. The minimum atomic E-state index is -4.96. The molecule has 0 aromatic heterocycles. The molecule has 3 unspecified atom stereocenters. The lowest BCUT2D eigenvalue weighted by molar-refractivity contribution is -0.161. The molecule has 0 aliphatic carbocycles.